The molecule has 0 unspecified atom stereocenters. The van der Waals surface area contributed by atoms with E-state index in [-0.39, 0.29) is 0 Å². The highest BCUT2D eigenvalue weighted by molar-refractivity contribution is 4.54. The predicted molar refractivity (Wildman–Crippen MR) is 120 cm³/mol. The summed E-state index contributed by atoms with van der Waals surface area (Å²) in [5, 5.41) is 0. The molecule has 0 saturated heterocycles. The molecule has 0 radical (unpaired) electrons. The Morgan fingerprint density at radius 2 is 0.846 bits per heavy atom. The van der Waals surface area contributed by atoms with Crippen molar-refractivity contribution in [3.8, 4) is 0 Å². The van der Waals surface area contributed by atoms with Crippen molar-refractivity contribution in [3.63, 3.8) is 0 Å². The average Bonchev–Trinajstić information content (AvgIpc) is 2.58. The first-order chi connectivity index (χ1) is 12.5. The molecule has 0 aliphatic heterocycles. The van der Waals surface area contributed by atoms with Crippen LogP contribution in [0, 0.1) is 0 Å². The van der Waals surface area contributed by atoms with E-state index >= 15 is 0 Å². The number of quaternary nitrogens is 1. The molecule has 0 bridgehead atoms. The van der Waals surface area contributed by atoms with E-state index in [9.17, 15) is 0 Å². The predicted octanol–water partition coefficient (Wildman–Crippen LogP) is 6.89. The van der Waals surface area contributed by atoms with Gasteiger partial charge >= 0.3 is 0 Å². The highest BCUT2D eigenvalue weighted by atomic mass is 15.3. The third kappa shape index (κ3) is 22.0. The van der Waals surface area contributed by atoms with Gasteiger partial charge in [-0.15, -0.1) is 0 Å². The van der Waals surface area contributed by atoms with E-state index in [1.165, 1.54) is 122 Å². The fourth-order valence-corrected chi connectivity index (χ4v) is 3.66. The van der Waals surface area contributed by atoms with Crippen LogP contribution in [0.5, 0.6) is 0 Å². The van der Waals surface area contributed by atoms with Crippen LogP contribution in [0.3, 0.4) is 0 Å². The first kappa shape index (κ1) is 25.9. The van der Waals surface area contributed by atoms with Gasteiger partial charge in [0.25, 0.3) is 0 Å². The third-order valence-electron chi connectivity index (χ3n) is 5.51. The summed E-state index contributed by atoms with van der Waals surface area (Å²) >= 11 is 0. The number of hydrogen-bond donors (Lipinski definition) is 0. The van der Waals surface area contributed by atoms with Crippen molar-refractivity contribution in [2.24, 2.45) is 0 Å². The van der Waals surface area contributed by atoms with Gasteiger partial charge in [-0.2, -0.15) is 0 Å². The van der Waals surface area contributed by atoms with Gasteiger partial charge in [-0.25, -0.2) is 0 Å². The van der Waals surface area contributed by atoms with Crippen LogP contribution in [0.15, 0.2) is 0 Å². The molecule has 0 atom stereocenters. The first-order valence-corrected chi connectivity index (χ1v) is 11.9. The van der Waals surface area contributed by atoms with Crippen LogP contribution >= 0.6 is 0 Å². The van der Waals surface area contributed by atoms with Crippen molar-refractivity contribution in [2.75, 3.05) is 47.8 Å². The molecule has 2 heteroatoms. The summed E-state index contributed by atoms with van der Waals surface area (Å²) in [5.41, 5.74) is 0. The zero-order valence-electron chi connectivity index (χ0n) is 19.3. The Hall–Kier alpha value is -0.0800. The number of rotatable bonds is 20. The Balaban J connectivity index is 3.18. The maximum absolute atomic E-state index is 2.55. The SMILES string of the molecule is CCCCCCCCCCCCCCN(C)CCCCCC[N+](C)(C)C. The van der Waals surface area contributed by atoms with Crippen LogP contribution in [0.2, 0.25) is 0 Å². The lowest BCUT2D eigenvalue weighted by atomic mass is 10.1. The number of hydrogen-bond acceptors (Lipinski definition) is 1. The summed E-state index contributed by atoms with van der Waals surface area (Å²) in [6.45, 7) is 6.21. The normalized spacial score (nSPS) is 12.2. The largest absolute Gasteiger partial charge is 0.331 e. The standard InChI is InChI=1S/C24H53N2/c1-6-7-8-9-10-11-12-13-14-15-16-19-22-25(2)23-20-17-18-21-24-26(3,4)5/h6-24H2,1-5H3/q+1. The van der Waals surface area contributed by atoms with Crippen molar-refractivity contribution in [1.29, 1.82) is 0 Å². The first-order valence-electron chi connectivity index (χ1n) is 11.9. The lowest BCUT2D eigenvalue weighted by molar-refractivity contribution is -0.870. The van der Waals surface area contributed by atoms with E-state index in [0.717, 1.165) is 4.48 Å². The third-order valence-corrected chi connectivity index (χ3v) is 5.51. The second-order valence-corrected chi connectivity index (χ2v) is 9.62. The summed E-state index contributed by atoms with van der Waals surface area (Å²) in [6.07, 6.45) is 22.9. The molecule has 0 saturated carbocycles. The van der Waals surface area contributed by atoms with E-state index in [4.69, 9.17) is 0 Å². The molecule has 0 aromatic carbocycles. The monoisotopic (exact) mass is 369 g/mol. The summed E-state index contributed by atoms with van der Waals surface area (Å²) in [7, 11) is 9.19. The van der Waals surface area contributed by atoms with Gasteiger partial charge in [0.05, 0.1) is 27.7 Å². The molecule has 0 fully saturated rings. The maximum atomic E-state index is 2.55. The molecule has 158 valence electrons. The molecule has 0 aromatic rings. The van der Waals surface area contributed by atoms with Crippen LogP contribution in [0.25, 0.3) is 0 Å². The summed E-state index contributed by atoms with van der Waals surface area (Å²) in [6, 6.07) is 0. The van der Waals surface area contributed by atoms with Crippen LogP contribution < -0.4 is 0 Å². The van der Waals surface area contributed by atoms with Crippen molar-refractivity contribution in [3.05, 3.63) is 0 Å². The Morgan fingerprint density at radius 1 is 0.500 bits per heavy atom. The molecule has 26 heavy (non-hydrogen) atoms. The lowest BCUT2D eigenvalue weighted by Crippen LogP contribution is -2.35. The second kappa shape index (κ2) is 18.3. The van der Waals surface area contributed by atoms with Crippen LogP contribution in [0.4, 0.5) is 0 Å². The van der Waals surface area contributed by atoms with Crippen molar-refractivity contribution in [1.82, 2.24) is 4.90 Å². The Labute approximate surface area is 167 Å². The minimum Gasteiger partial charge on any atom is -0.331 e. The summed E-state index contributed by atoms with van der Waals surface area (Å²) in [4.78, 5) is 2.55. The van der Waals surface area contributed by atoms with E-state index in [1.807, 2.05) is 0 Å². The van der Waals surface area contributed by atoms with E-state index in [0.29, 0.717) is 0 Å². The molecule has 0 aliphatic rings. The minimum absolute atomic E-state index is 1.11. The topological polar surface area (TPSA) is 3.24 Å². The van der Waals surface area contributed by atoms with Crippen molar-refractivity contribution >= 4 is 0 Å². The molecular weight excluding hydrogens is 316 g/mol. The second-order valence-electron chi connectivity index (χ2n) is 9.62. The smallest absolute Gasteiger partial charge is 0.0780 e. The van der Waals surface area contributed by atoms with Gasteiger partial charge in [0.15, 0.2) is 0 Å². The molecule has 0 heterocycles. The Kier molecular flexibility index (Phi) is 18.2. The van der Waals surface area contributed by atoms with Gasteiger partial charge in [0, 0.05) is 0 Å². The maximum Gasteiger partial charge on any atom is 0.0780 e. The van der Waals surface area contributed by atoms with E-state index in [2.05, 4.69) is 40.0 Å². The number of unbranched alkanes of at least 4 members (excludes halogenated alkanes) is 14. The van der Waals surface area contributed by atoms with Crippen molar-refractivity contribution in [2.45, 2.75) is 110 Å². The van der Waals surface area contributed by atoms with Gasteiger partial charge < -0.3 is 9.38 Å². The molecule has 0 amide bonds. The highest BCUT2D eigenvalue weighted by Gasteiger charge is 2.05. The summed E-state index contributed by atoms with van der Waals surface area (Å²) in [5.74, 6) is 0. The zero-order valence-corrected chi connectivity index (χ0v) is 19.3. The zero-order chi connectivity index (χ0) is 19.5. The van der Waals surface area contributed by atoms with Gasteiger partial charge in [-0.05, 0) is 45.8 Å². The highest BCUT2D eigenvalue weighted by Crippen LogP contribution is 2.12. The average molecular weight is 370 g/mol. The van der Waals surface area contributed by atoms with E-state index < -0.39 is 0 Å². The van der Waals surface area contributed by atoms with Crippen molar-refractivity contribution < 1.29 is 4.48 Å². The molecule has 0 rings (SSSR count). The van der Waals surface area contributed by atoms with Gasteiger partial charge in [-0.1, -0.05) is 84.0 Å². The minimum atomic E-state index is 1.11. The molecule has 0 spiro atoms. The van der Waals surface area contributed by atoms with Crippen LogP contribution in [-0.2, 0) is 0 Å². The Morgan fingerprint density at radius 3 is 1.23 bits per heavy atom. The molecule has 0 N–H and O–H groups in total. The van der Waals surface area contributed by atoms with Gasteiger partial charge in [-0.3, -0.25) is 0 Å². The van der Waals surface area contributed by atoms with Gasteiger partial charge in [0.1, 0.15) is 0 Å². The van der Waals surface area contributed by atoms with E-state index in [1.54, 1.807) is 0 Å². The Bertz CT molecular complexity index is 270. The van der Waals surface area contributed by atoms with Gasteiger partial charge in [0.2, 0.25) is 0 Å². The molecule has 0 aliphatic carbocycles. The van der Waals surface area contributed by atoms with Crippen LogP contribution in [-0.4, -0.2) is 57.2 Å². The quantitative estimate of drug-likeness (QED) is 0.167. The molecular formula is C24H53N2+. The molecule has 0 aromatic heterocycles. The molecule has 2 nitrogen and oxygen atoms in total. The number of nitrogens with zero attached hydrogens (tertiary/aromatic N) is 2. The fourth-order valence-electron chi connectivity index (χ4n) is 3.66. The lowest BCUT2D eigenvalue weighted by Gasteiger charge is -2.23. The summed E-state index contributed by atoms with van der Waals surface area (Å²) < 4.78 is 1.11. The fraction of sp³-hybridized carbons (Fsp3) is 1.00. The van der Waals surface area contributed by atoms with Crippen LogP contribution in [0.1, 0.15) is 110 Å².